The fourth-order valence-electron chi connectivity index (χ4n) is 6.89. The molecule has 1 saturated carbocycles. The van der Waals surface area contributed by atoms with Crippen LogP contribution in [-0.2, 0) is 18.4 Å². The van der Waals surface area contributed by atoms with Crippen LogP contribution in [0.2, 0.25) is 5.02 Å². The first kappa shape index (κ1) is 28.2. The zero-order valence-corrected chi connectivity index (χ0v) is 25.6. The van der Waals surface area contributed by atoms with E-state index in [2.05, 4.69) is 69.8 Å². The average Bonchev–Trinajstić information content (AvgIpc) is 3.00. The van der Waals surface area contributed by atoms with Crippen LogP contribution in [0.3, 0.4) is 0 Å². The lowest BCUT2D eigenvalue weighted by molar-refractivity contribution is 0.292. The van der Waals surface area contributed by atoms with Gasteiger partial charge in [0.25, 0.3) is 0 Å². The predicted molar refractivity (Wildman–Crippen MR) is 174 cm³/mol. The number of hydrogen-bond donors (Lipinski definition) is 2. The standard InChI is InChI=1S/C33H41ClN6S/c1-24-8-7-18-39(21-24)29-20-30(40-19-15-25-9-3-4-10-26(25)22-40)37-31(36-29)38-32(41)35-23-33(16-5-2-6-17-33)27-11-13-28(34)14-12-27/h3-4,9-14,20,24H,2,5-8,15-19,21-23H2,1H3,(H2,35,36,37,38,41)/t24-/m1/s1. The van der Waals surface area contributed by atoms with Crippen LogP contribution in [0.5, 0.6) is 0 Å². The summed E-state index contributed by atoms with van der Waals surface area (Å²) >= 11 is 12.1. The lowest BCUT2D eigenvalue weighted by Crippen LogP contribution is -2.43. The molecular weight excluding hydrogens is 548 g/mol. The normalized spacial score (nSPS) is 20.3. The first-order valence-electron chi connectivity index (χ1n) is 15.2. The molecule has 41 heavy (non-hydrogen) atoms. The molecule has 6 nitrogen and oxygen atoms in total. The summed E-state index contributed by atoms with van der Waals surface area (Å²) in [4.78, 5) is 14.8. The van der Waals surface area contributed by atoms with Gasteiger partial charge in [-0.3, -0.25) is 0 Å². The number of piperidine rings is 1. The molecule has 0 spiro atoms. The monoisotopic (exact) mass is 588 g/mol. The van der Waals surface area contributed by atoms with Gasteiger partial charge < -0.3 is 20.4 Å². The Balaban J connectivity index is 1.21. The molecule has 216 valence electrons. The van der Waals surface area contributed by atoms with Crippen LogP contribution in [0.4, 0.5) is 17.6 Å². The number of nitrogens with zero attached hydrogens (tertiary/aromatic N) is 4. The third kappa shape index (κ3) is 6.62. The van der Waals surface area contributed by atoms with Gasteiger partial charge in [0.2, 0.25) is 5.95 Å². The van der Waals surface area contributed by atoms with E-state index < -0.39 is 0 Å². The van der Waals surface area contributed by atoms with Gasteiger partial charge in [0.05, 0.1) is 0 Å². The highest BCUT2D eigenvalue weighted by Crippen LogP contribution is 2.39. The van der Waals surface area contributed by atoms with Crippen molar-refractivity contribution in [2.45, 2.75) is 70.3 Å². The van der Waals surface area contributed by atoms with Crippen molar-refractivity contribution in [2.75, 3.05) is 41.3 Å². The molecule has 2 aromatic carbocycles. The van der Waals surface area contributed by atoms with Gasteiger partial charge in [-0.25, -0.2) is 0 Å². The summed E-state index contributed by atoms with van der Waals surface area (Å²) in [5.74, 6) is 3.16. The number of benzene rings is 2. The van der Waals surface area contributed by atoms with Gasteiger partial charge in [-0.2, -0.15) is 9.97 Å². The van der Waals surface area contributed by atoms with Crippen molar-refractivity contribution in [3.63, 3.8) is 0 Å². The van der Waals surface area contributed by atoms with E-state index >= 15 is 0 Å². The summed E-state index contributed by atoms with van der Waals surface area (Å²) in [6.45, 7) is 6.94. The number of aromatic nitrogens is 2. The van der Waals surface area contributed by atoms with Crippen molar-refractivity contribution in [2.24, 2.45) is 5.92 Å². The van der Waals surface area contributed by atoms with E-state index in [-0.39, 0.29) is 5.41 Å². The van der Waals surface area contributed by atoms with Crippen molar-refractivity contribution in [1.82, 2.24) is 15.3 Å². The number of hydrogen-bond acceptors (Lipinski definition) is 5. The third-order valence-corrected chi connectivity index (χ3v) is 9.71. The topological polar surface area (TPSA) is 56.3 Å². The summed E-state index contributed by atoms with van der Waals surface area (Å²) < 4.78 is 0. The molecule has 0 unspecified atom stereocenters. The van der Waals surface area contributed by atoms with E-state index in [4.69, 9.17) is 33.8 Å². The molecular formula is C33H41ClN6S. The van der Waals surface area contributed by atoms with Gasteiger partial charge in [0.15, 0.2) is 5.11 Å². The van der Waals surface area contributed by atoms with Crippen molar-refractivity contribution in [3.05, 3.63) is 76.3 Å². The van der Waals surface area contributed by atoms with Crippen LogP contribution in [0, 0.1) is 5.92 Å². The first-order chi connectivity index (χ1) is 20.0. The predicted octanol–water partition coefficient (Wildman–Crippen LogP) is 7.12. The highest BCUT2D eigenvalue weighted by molar-refractivity contribution is 7.80. The number of fused-ring (bicyclic) bond motifs is 1. The Morgan fingerprint density at radius 3 is 2.44 bits per heavy atom. The second kappa shape index (κ2) is 12.5. The molecule has 2 N–H and O–H groups in total. The number of halogens is 1. The van der Waals surface area contributed by atoms with Gasteiger partial charge in [0.1, 0.15) is 11.6 Å². The molecule has 0 radical (unpaired) electrons. The van der Waals surface area contributed by atoms with Crippen LogP contribution in [0.15, 0.2) is 54.6 Å². The Bertz CT molecular complexity index is 1360. The van der Waals surface area contributed by atoms with E-state index in [1.807, 2.05) is 12.1 Å². The molecule has 1 aromatic heterocycles. The molecule has 0 amide bonds. The minimum atomic E-state index is 0.0492. The van der Waals surface area contributed by atoms with E-state index in [0.717, 1.165) is 68.6 Å². The second-order valence-electron chi connectivity index (χ2n) is 12.2. The van der Waals surface area contributed by atoms with E-state index in [9.17, 15) is 0 Å². The van der Waals surface area contributed by atoms with Gasteiger partial charge >= 0.3 is 0 Å². The summed E-state index contributed by atoms with van der Waals surface area (Å²) in [7, 11) is 0. The SMILES string of the molecule is C[C@@H]1CCCN(c2cc(N3CCc4ccccc4C3)nc(NC(=S)NCC3(c4ccc(Cl)cc4)CCCCC3)n2)C1. The van der Waals surface area contributed by atoms with Gasteiger partial charge in [-0.15, -0.1) is 0 Å². The second-order valence-corrected chi connectivity index (χ2v) is 13.0. The zero-order chi connectivity index (χ0) is 28.2. The highest BCUT2D eigenvalue weighted by Gasteiger charge is 2.34. The molecule has 8 heteroatoms. The van der Waals surface area contributed by atoms with Crippen molar-refractivity contribution >= 4 is 46.5 Å². The Labute approximate surface area is 254 Å². The lowest BCUT2D eigenvalue weighted by atomic mass is 9.69. The van der Waals surface area contributed by atoms with Gasteiger partial charge in [-0.1, -0.05) is 74.2 Å². The van der Waals surface area contributed by atoms with Gasteiger partial charge in [-0.05, 0) is 79.1 Å². The minimum absolute atomic E-state index is 0.0492. The highest BCUT2D eigenvalue weighted by atomic mass is 35.5. The number of nitrogens with one attached hydrogen (secondary N) is 2. The number of rotatable bonds is 6. The Morgan fingerprint density at radius 2 is 1.68 bits per heavy atom. The van der Waals surface area contributed by atoms with Gasteiger partial charge in [0, 0.05) is 49.2 Å². The van der Waals surface area contributed by atoms with Crippen molar-refractivity contribution in [1.29, 1.82) is 0 Å². The lowest BCUT2D eigenvalue weighted by Gasteiger charge is -2.38. The van der Waals surface area contributed by atoms with E-state index in [1.165, 1.54) is 48.8 Å². The van der Waals surface area contributed by atoms with Crippen molar-refractivity contribution in [3.8, 4) is 0 Å². The molecule has 2 aliphatic heterocycles. The summed E-state index contributed by atoms with van der Waals surface area (Å²) in [5.41, 5.74) is 4.19. The Morgan fingerprint density at radius 1 is 0.951 bits per heavy atom. The maximum Gasteiger partial charge on any atom is 0.232 e. The average molecular weight is 589 g/mol. The quantitative estimate of drug-likeness (QED) is 0.297. The van der Waals surface area contributed by atoms with Crippen LogP contribution in [-0.4, -0.2) is 41.3 Å². The number of thiocarbonyl (C=S) groups is 1. The molecule has 3 aromatic rings. The van der Waals surface area contributed by atoms with E-state index in [1.54, 1.807) is 0 Å². The van der Waals surface area contributed by atoms with Crippen molar-refractivity contribution < 1.29 is 0 Å². The Kier molecular flexibility index (Phi) is 8.63. The zero-order valence-electron chi connectivity index (χ0n) is 24.0. The third-order valence-electron chi connectivity index (χ3n) is 9.21. The molecule has 1 atom stereocenters. The van der Waals surface area contributed by atoms with Crippen LogP contribution in [0.1, 0.15) is 68.6 Å². The summed E-state index contributed by atoms with van der Waals surface area (Å²) in [6.07, 6.45) is 9.51. The summed E-state index contributed by atoms with van der Waals surface area (Å²) in [5, 5.41) is 8.27. The molecule has 6 rings (SSSR count). The molecule has 3 aliphatic rings. The summed E-state index contributed by atoms with van der Waals surface area (Å²) in [6, 6.07) is 19.3. The molecule has 0 bridgehead atoms. The fourth-order valence-corrected chi connectivity index (χ4v) is 7.17. The molecule has 1 saturated heterocycles. The van der Waals surface area contributed by atoms with Crippen LogP contribution < -0.4 is 20.4 Å². The molecule has 1 aliphatic carbocycles. The maximum atomic E-state index is 6.22. The smallest absolute Gasteiger partial charge is 0.232 e. The number of anilines is 3. The largest absolute Gasteiger partial charge is 0.361 e. The first-order valence-corrected chi connectivity index (χ1v) is 16.0. The van der Waals surface area contributed by atoms with E-state index in [0.29, 0.717) is 17.0 Å². The fraction of sp³-hybridized carbons (Fsp3) is 0.485. The maximum absolute atomic E-state index is 6.22. The van der Waals surface area contributed by atoms with Crippen LogP contribution in [0.25, 0.3) is 0 Å². The minimum Gasteiger partial charge on any atom is -0.361 e. The van der Waals surface area contributed by atoms with Crippen LogP contribution >= 0.6 is 23.8 Å². The molecule has 2 fully saturated rings. The molecule has 3 heterocycles. The Hall–Kier alpha value is -2.90.